The maximum atomic E-state index is 14.0. The minimum Gasteiger partial charge on any atom is -0.482 e. The molecule has 174 valence electrons. The lowest BCUT2D eigenvalue weighted by Crippen LogP contribution is -2.54. The highest BCUT2D eigenvalue weighted by Crippen LogP contribution is 2.44. The van der Waals surface area contributed by atoms with Crippen LogP contribution in [0.3, 0.4) is 0 Å². The Morgan fingerprint density at radius 3 is 2.76 bits per heavy atom. The minimum absolute atomic E-state index is 0.0197. The van der Waals surface area contributed by atoms with Gasteiger partial charge in [0.05, 0.1) is 42.5 Å². The molecular weight excluding hydrogens is 470 g/mol. The number of aromatic nitrogens is 3. The van der Waals surface area contributed by atoms with E-state index in [-0.39, 0.29) is 22.3 Å². The van der Waals surface area contributed by atoms with Gasteiger partial charge in [-0.25, -0.2) is 9.37 Å². The molecule has 33 heavy (non-hydrogen) atoms. The van der Waals surface area contributed by atoms with Gasteiger partial charge in [-0.3, -0.25) is 4.68 Å². The van der Waals surface area contributed by atoms with E-state index in [2.05, 4.69) is 10.1 Å². The molecule has 7 nitrogen and oxygen atoms in total. The third-order valence-corrected chi connectivity index (χ3v) is 7.05. The van der Waals surface area contributed by atoms with Crippen LogP contribution >= 0.6 is 23.2 Å². The molecular formula is C23H23Cl2FN4O3. The number of hydrogen-bond donors (Lipinski definition) is 1. The van der Waals surface area contributed by atoms with Crippen molar-refractivity contribution in [3.05, 3.63) is 58.2 Å². The van der Waals surface area contributed by atoms with E-state index in [1.165, 1.54) is 12.1 Å². The van der Waals surface area contributed by atoms with Gasteiger partial charge in [-0.15, -0.1) is 0 Å². The van der Waals surface area contributed by atoms with Gasteiger partial charge in [0.25, 0.3) is 0 Å². The zero-order valence-electron chi connectivity index (χ0n) is 17.9. The maximum Gasteiger partial charge on any atom is 0.166 e. The summed E-state index contributed by atoms with van der Waals surface area (Å²) in [4.78, 5) is 4.28. The Kier molecular flexibility index (Phi) is 5.95. The number of ether oxygens (including phenoxy) is 3. The van der Waals surface area contributed by atoms with Crippen molar-refractivity contribution >= 4 is 29.0 Å². The van der Waals surface area contributed by atoms with Crippen LogP contribution in [0.25, 0.3) is 11.1 Å². The highest BCUT2D eigenvalue weighted by Gasteiger charge is 2.49. The van der Waals surface area contributed by atoms with Crippen molar-refractivity contribution in [1.29, 1.82) is 0 Å². The van der Waals surface area contributed by atoms with Gasteiger partial charge in [0.15, 0.2) is 11.6 Å². The molecule has 2 aliphatic heterocycles. The molecule has 0 aliphatic carbocycles. The fraction of sp³-hybridized carbons (Fsp3) is 0.391. The van der Waals surface area contributed by atoms with Gasteiger partial charge in [0, 0.05) is 40.7 Å². The van der Waals surface area contributed by atoms with Crippen LogP contribution in [0.4, 0.5) is 10.2 Å². The zero-order valence-corrected chi connectivity index (χ0v) is 19.4. The van der Waals surface area contributed by atoms with Crippen molar-refractivity contribution in [2.24, 2.45) is 5.41 Å². The first-order chi connectivity index (χ1) is 15.9. The lowest BCUT2D eigenvalue weighted by atomic mass is 9.76. The average Bonchev–Trinajstić information content (AvgIpc) is 3.27. The SMILES string of the molecule is CC(Oc1cc(-c2cnn(C3CCOCC34COC4)c2)cnc1N)c1c(Cl)ccc(F)c1Cl. The number of nitrogens with two attached hydrogens (primary N) is 1. The fourth-order valence-corrected chi connectivity index (χ4v) is 5.13. The third-order valence-electron chi connectivity index (χ3n) is 6.34. The molecule has 1 aromatic carbocycles. The van der Waals surface area contributed by atoms with Crippen LogP contribution in [0.2, 0.25) is 10.0 Å². The van der Waals surface area contributed by atoms with Crippen LogP contribution in [-0.2, 0) is 9.47 Å². The van der Waals surface area contributed by atoms with E-state index < -0.39 is 11.9 Å². The molecule has 5 rings (SSSR count). The molecule has 10 heteroatoms. The quantitative estimate of drug-likeness (QED) is 0.499. The number of pyridine rings is 1. The average molecular weight is 493 g/mol. The summed E-state index contributed by atoms with van der Waals surface area (Å²) in [5, 5.41) is 4.85. The number of nitrogen functional groups attached to an aromatic ring is 1. The number of hydrogen-bond acceptors (Lipinski definition) is 6. The Morgan fingerprint density at radius 2 is 2.00 bits per heavy atom. The molecule has 0 bridgehead atoms. The van der Waals surface area contributed by atoms with Gasteiger partial charge in [-0.05, 0) is 31.5 Å². The van der Waals surface area contributed by atoms with Crippen molar-refractivity contribution in [2.75, 3.05) is 32.2 Å². The number of benzene rings is 1. The summed E-state index contributed by atoms with van der Waals surface area (Å²) in [5.41, 5.74) is 8.06. The predicted molar refractivity (Wildman–Crippen MR) is 123 cm³/mol. The standard InChI is InChI=1S/C23H23Cl2FN4O3/c1-13(20-16(24)2-3-17(26)21(20)25)33-18-6-14(7-28-22(18)27)15-8-29-30(9-15)19-4-5-31-10-23(19)11-32-12-23/h2-3,6-9,13,19H,4-5,10-12H2,1H3,(H2,27,28). The highest BCUT2D eigenvalue weighted by molar-refractivity contribution is 6.36. The Morgan fingerprint density at radius 1 is 1.21 bits per heavy atom. The third kappa shape index (κ3) is 4.05. The lowest BCUT2D eigenvalue weighted by Gasteiger charge is -2.49. The van der Waals surface area contributed by atoms with E-state index in [4.69, 9.17) is 43.1 Å². The predicted octanol–water partition coefficient (Wildman–Crippen LogP) is 5.09. The summed E-state index contributed by atoms with van der Waals surface area (Å²) >= 11 is 12.4. The molecule has 1 spiro atoms. The second kappa shape index (κ2) is 8.76. The van der Waals surface area contributed by atoms with E-state index >= 15 is 0 Å². The Hall–Kier alpha value is -2.39. The van der Waals surface area contributed by atoms with Crippen molar-refractivity contribution in [3.8, 4) is 16.9 Å². The van der Waals surface area contributed by atoms with E-state index in [0.717, 1.165) is 17.5 Å². The van der Waals surface area contributed by atoms with E-state index in [1.54, 1.807) is 25.4 Å². The topological polar surface area (TPSA) is 84.4 Å². The van der Waals surface area contributed by atoms with Crippen molar-refractivity contribution in [2.45, 2.75) is 25.5 Å². The summed E-state index contributed by atoms with van der Waals surface area (Å²) in [7, 11) is 0. The molecule has 2 unspecified atom stereocenters. The van der Waals surface area contributed by atoms with Crippen molar-refractivity contribution in [3.63, 3.8) is 0 Å². The minimum atomic E-state index is -0.650. The molecule has 2 fully saturated rings. The van der Waals surface area contributed by atoms with Gasteiger partial charge in [-0.1, -0.05) is 23.2 Å². The van der Waals surface area contributed by atoms with Crippen LogP contribution < -0.4 is 10.5 Å². The summed E-state index contributed by atoms with van der Waals surface area (Å²) < 4.78 is 33.1. The highest BCUT2D eigenvalue weighted by atomic mass is 35.5. The summed E-state index contributed by atoms with van der Waals surface area (Å²) in [6, 6.07) is 4.66. The van der Waals surface area contributed by atoms with Gasteiger partial charge < -0.3 is 19.9 Å². The maximum absolute atomic E-state index is 14.0. The van der Waals surface area contributed by atoms with Crippen LogP contribution in [0.15, 0.2) is 36.8 Å². The van der Waals surface area contributed by atoms with Crippen LogP contribution in [0.5, 0.6) is 5.75 Å². The second-order valence-corrected chi connectivity index (χ2v) is 9.33. The van der Waals surface area contributed by atoms with E-state index in [1.807, 2.05) is 10.9 Å². The smallest absolute Gasteiger partial charge is 0.166 e. The Bertz CT molecular complexity index is 1180. The van der Waals surface area contributed by atoms with Crippen LogP contribution in [0, 0.1) is 11.2 Å². The number of halogens is 3. The Labute approximate surface area is 200 Å². The molecule has 3 aromatic rings. The fourth-order valence-electron chi connectivity index (χ4n) is 4.46. The zero-order chi connectivity index (χ0) is 23.2. The number of nitrogens with zero attached hydrogens (tertiary/aromatic N) is 3. The molecule has 2 atom stereocenters. The number of rotatable bonds is 5. The molecule has 2 aliphatic rings. The summed E-state index contributed by atoms with van der Waals surface area (Å²) in [6.45, 7) is 4.46. The summed E-state index contributed by atoms with van der Waals surface area (Å²) in [5.74, 6) is -0.0164. The lowest BCUT2D eigenvalue weighted by molar-refractivity contribution is -0.199. The van der Waals surface area contributed by atoms with Crippen molar-refractivity contribution in [1.82, 2.24) is 14.8 Å². The molecule has 2 aromatic heterocycles. The van der Waals surface area contributed by atoms with Gasteiger partial charge >= 0.3 is 0 Å². The summed E-state index contributed by atoms with van der Waals surface area (Å²) in [6.07, 6.45) is 5.69. The van der Waals surface area contributed by atoms with Crippen molar-refractivity contribution < 1.29 is 18.6 Å². The van der Waals surface area contributed by atoms with E-state index in [0.29, 0.717) is 42.8 Å². The largest absolute Gasteiger partial charge is 0.482 e. The molecule has 2 saturated heterocycles. The van der Waals surface area contributed by atoms with Gasteiger partial charge in [0.2, 0.25) is 0 Å². The first kappa shape index (κ1) is 22.4. The molecule has 0 saturated carbocycles. The second-order valence-electron chi connectivity index (χ2n) is 8.55. The van der Waals surface area contributed by atoms with Gasteiger partial charge in [-0.2, -0.15) is 5.10 Å². The molecule has 4 heterocycles. The molecule has 2 N–H and O–H groups in total. The number of anilines is 1. The molecule has 0 amide bonds. The first-order valence-corrected chi connectivity index (χ1v) is 11.4. The first-order valence-electron chi connectivity index (χ1n) is 10.6. The van der Waals surface area contributed by atoms with Gasteiger partial charge in [0.1, 0.15) is 11.9 Å². The van der Waals surface area contributed by atoms with E-state index in [9.17, 15) is 4.39 Å². The van der Waals surface area contributed by atoms with Crippen LogP contribution in [0.1, 0.15) is 31.1 Å². The molecule has 0 radical (unpaired) electrons. The normalized spacial score (nSPS) is 20.4. The monoisotopic (exact) mass is 492 g/mol. The van der Waals surface area contributed by atoms with Crippen LogP contribution in [-0.4, -0.2) is 41.2 Å². The Balaban J connectivity index is 1.40.